The summed E-state index contributed by atoms with van der Waals surface area (Å²) >= 11 is 2.49. The van der Waals surface area contributed by atoms with Crippen LogP contribution in [0.4, 0.5) is 0 Å². The van der Waals surface area contributed by atoms with Gasteiger partial charge in [0.1, 0.15) is 15.9 Å². The van der Waals surface area contributed by atoms with Gasteiger partial charge in [0.25, 0.3) is 5.91 Å². The molecule has 1 unspecified atom stereocenters. The summed E-state index contributed by atoms with van der Waals surface area (Å²) in [7, 11) is 0. The summed E-state index contributed by atoms with van der Waals surface area (Å²) in [6, 6.07) is 5.13. The molecule has 0 saturated carbocycles. The normalized spacial score (nSPS) is 17.7. The average molecular weight is 433 g/mol. The molecule has 3 rings (SSSR count). The zero-order valence-electron chi connectivity index (χ0n) is 15.9. The number of primary amides is 1. The molecule has 0 radical (unpaired) electrons. The highest BCUT2D eigenvalue weighted by Gasteiger charge is 2.39. The Bertz CT molecular complexity index is 986. The van der Waals surface area contributed by atoms with Crippen molar-refractivity contribution in [3.8, 4) is 11.5 Å². The number of carbonyl (C=O) groups is 2. The number of Topliss-reactive ketones (excluding diaryl/α,β-unsaturated/α-hetero) is 1. The number of hydrogen-bond acceptors (Lipinski definition) is 9. The highest BCUT2D eigenvalue weighted by Crippen LogP contribution is 2.42. The van der Waals surface area contributed by atoms with Gasteiger partial charge in [-0.2, -0.15) is 0 Å². The fraction of sp³-hybridized carbons (Fsp3) is 0.316. The van der Waals surface area contributed by atoms with Crippen molar-refractivity contribution in [1.29, 1.82) is 5.41 Å². The van der Waals surface area contributed by atoms with E-state index in [1.54, 1.807) is 24.3 Å². The van der Waals surface area contributed by atoms with E-state index >= 15 is 0 Å². The number of amides is 1. The summed E-state index contributed by atoms with van der Waals surface area (Å²) in [6.45, 7) is 3.95. The van der Waals surface area contributed by atoms with Crippen LogP contribution in [0.1, 0.15) is 35.3 Å². The van der Waals surface area contributed by atoms with Gasteiger partial charge in [-0.05, 0) is 37.1 Å². The molecular formula is C19H20N4O4S2. The molecule has 0 spiro atoms. The number of aryl methyl sites for hydroxylation is 1. The van der Waals surface area contributed by atoms with Gasteiger partial charge in [0, 0.05) is 0 Å². The van der Waals surface area contributed by atoms with E-state index in [-0.39, 0.29) is 17.4 Å². The van der Waals surface area contributed by atoms with Gasteiger partial charge in [-0.1, -0.05) is 24.8 Å². The standard InChI is InChI=1S/C19H20N4O4S2/c1-3-15-22-23-19(29-15)16-17(25)13(28-18(16)21)8-10-5-6-11(27-9-14(20)24)12(7-10)26-4-2/h5-8,16,21H,3-4,9H2,1-2H3,(H2,20,24). The monoisotopic (exact) mass is 432 g/mol. The smallest absolute Gasteiger partial charge is 0.255 e. The van der Waals surface area contributed by atoms with Crippen LogP contribution in [-0.2, 0) is 16.0 Å². The lowest BCUT2D eigenvalue weighted by molar-refractivity contribution is -0.120. The third kappa shape index (κ3) is 4.83. The summed E-state index contributed by atoms with van der Waals surface area (Å²) < 4.78 is 10.9. The van der Waals surface area contributed by atoms with Gasteiger partial charge in [0.2, 0.25) is 0 Å². The predicted molar refractivity (Wildman–Crippen MR) is 113 cm³/mol. The van der Waals surface area contributed by atoms with Gasteiger partial charge < -0.3 is 15.2 Å². The molecule has 1 saturated heterocycles. The van der Waals surface area contributed by atoms with Gasteiger partial charge in [-0.25, -0.2) is 0 Å². The molecule has 0 aliphatic carbocycles. The number of nitrogens with zero attached hydrogens (tertiary/aromatic N) is 2. The van der Waals surface area contributed by atoms with Gasteiger partial charge in [-0.15, -0.1) is 21.5 Å². The molecule has 2 aromatic rings. The molecule has 1 aliphatic rings. The lowest BCUT2D eigenvalue weighted by Gasteiger charge is -2.11. The number of ether oxygens (including phenoxy) is 2. The fourth-order valence-electron chi connectivity index (χ4n) is 2.64. The second-order valence-electron chi connectivity index (χ2n) is 6.05. The number of nitrogens with one attached hydrogen (secondary N) is 1. The van der Waals surface area contributed by atoms with Crippen LogP contribution in [0.5, 0.6) is 11.5 Å². The highest BCUT2D eigenvalue weighted by molar-refractivity contribution is 8.19. The molecule has 152 valence electrons. The second kappa shape index (κ2) is 9.19. The lowest BCUT2D eigenvalue weighted by Crippen LogP contribution is -2.20. The number of thioether (sulfide) groups is 1. The highest BCUT2D eigenvalue weighted by atomic mass is 32.2. The largest absolute Gasteiger partial charge is 0.490 e. The maximum absolute atomic E-state index is 12.9. The van der Waals surface area contributed by atoms with E-state index in [1.165, 1.54) is 11.3 Å². The molecule has 10 heteroatoms. The Morgan fingerprint density at radius 2 is 2.07 bits per heavy atom. The molecule has 0 bridgehead atoms. The molecule has 2 heterocycles. The Hall–Kier alpha value is -2.72. The van der Waals surface area contributed by atoms with E-state index in [9.17, 15) is 9.59 Å². The van der Waals surface area contributed by atoms with E-state index < -0.39 is 11.8 Å². The average Bonchev–Trinajstić information content (AvgIpc) is 3.25. The Morgan fingerprint density at radius 1 is 1.28 bits per heavy atom. The molecule has 8 nitrogen and oxygen atoms in total. The number of carbonyl (C=O) groups excluding carboxylic acids is 2. The molecule has 29 heavy (non-hydrogen) atoms. The van der Waals surface area contributed by atoms with Crippen molar-refractivity contribution in [2.45, 2.75) is 26.2 Å². The molecule has 1 aromatic heterocycles. The molecular weight excluding hydrogens is 412 g/mol. The van der Waals surface area contributed by atoms with Crippen LogP contribution in [0.25, 0.3) is 6.08 Å². The first-order chi connectivity index (χ1) is 13.9. The topological polar surface area (TPSA) is 128 Å². The Morgan fingerprint density at radius 3 is 2.72 bits per heavy atom. The van der Waals surface area contributed by atoms with E-state index in [2.05, 4.69) is 10.2 Å². The zero-order chi connectivity index (χ0) is 21.0. The van der Waals surface area contributed by atoms with Crippen LogP contribution < -0.4 is 15.2 Å². The minimum atomic E-state index is -0.686. The SMILES string of the molecule is CCOc1cc(C=C2SC(=N)C(c3nnc(CC)s3)C2=O)ccc1OCC(N)=O. The van der Waals surface area contributed by atoms with Gasteiger partial charge in [0.15, 0.2) is 23.9 Å². The first-order valence-corrected chi connectivity index (χ1v) is 10.6. The summed E-state index contributed by atoms with van der Waals surface area (Å²) in [4.78, 5) is 24.3. The maximum Gasteiger partial charge on any atom is 0.255 e. The Balaban J connectivity index is 1.85. The predicted octanol–water partition coefficient (Wildman–Crippen LogP) is 2.78. The number of ketones is 1. The first kappa shape index (κ1) is 21.0. The summed E-state index contributed by atoms with van der Waals surface area (Å²) in [5.74, 6) is -0.592. The molecule has 1 aliphatic heterocycles. The molecule has 1 amide bonds. The lowest BCUT2D eigenvalue weighted by atomic mass is 10.1. The minimum absolute atomic E-state index is 0.161. The minimum Gasteiger partial charge on any atom is -0.490 e. The maximum atomic E-state index is 12.9. The van der Waals surface area contributed by atoms with Crippen LogP contribution in [-0.4, -0.2) is 40.1 Å². The van der Waals surface area contributed by atoms with E-state index in [0.717, 1.165) is 28.8 Å². The van der Waals surface area contributed by atoms with Crippen LogP contribution in [0.15, 0.2) is 23.1 Å². The van der Waals surface area contributed by atoms with Crippen LogP contribution in [0, 0.1) is 5.41 Å². The van der Waals surface area contributed by atoms with Crippen molar-refractivity contribution in [1.82, 2.24) is 10.2 Å². The fourth-order valence-corrected chi connectivity index (χ4v) is 4.60. The van der Waals surface area contributed by atoms with Crippen molar-refractivity contribution in [2.75, 3.05) is 13.2 Å². The summed E-state index contributed by atoms with van der Waals surface area (Å²) in [6.07, 6.45) is 2.45. The number of benzene rings is 1. The number of aromatic nitrogens is 2. The molecule has 1 fully saturated rings. The number of nitrogens with two attached hydrogens (primary N) is 1. The Kier molecular flexibility index (Phi) is 6.65. The van der Waals surface area contributed by atoms with Crippen LogP contribution in [0.2, 0.25) is 0 Å². The molecule has 3 N–H and O–H groups in total. The third-order valence-corrected chi connectivity index (χ3v) is 6.08. The van der Waals surface area contributed by atoms with Crippen molar-refractivity contribution in [2.24, 2.45) is 5.73 Å². The number of rotatable bonds is 8. The third-order valence-electron chi connectivity index (χ3n) is 3.95. The van der Waals surface area contributed by atoms with Crippen LogP contribution in [0.3, 0.4) is 0 Å². The van der Waals surface area contributed by atoms with Gasteiger partial charge >= 0.3 is 0 Å². The summed E-state index contributed by atoms with van der Waals surface area (Å²) in [5, 5.41) is 18.0. The first-order valence-electron chi connectivity index (χ1n) is 8.95. The van der Waals surface area contributed by atoms with Crippen molar-refractivity contribution in [3.63, 3.8) is 0 Å². The quantitative estimate of drug-likeness (QED) is 0.614. The van der Waals surface area contributed by atoms with Crippen LogP contribution >= 0.6 is 23.1 Å². The second-order valence-corrected chi connectivity index (χ2v) is 8.23. The molecule has 1 atom stereocenters. The van der Waals surface area contributed by atoms with Gasteiger partial charge in [-0.3, -0.25) is 15.0 Å². The van der Waals surface area contributed by atoms with E-state index in [4.69, 9.17) is 20.6 Å². The van der Waals surface area contributed by atoms with E-state index in [0.29, 0.717) is 28.0 Å². The van der Waals surface area contributed by atoms with Gasteiger partial charge in [0.05, 0.1) is 16.6 Å². The van der Waals surface area contributed by atoms with Crippen molar-refractivity contribution >= 4 is 45.9 Å². The summed E-state index contributed by atoms with van der Waals surface area (Å²) in [5.41, 5.74) is 5.84. The zero-order valence-corrected chi connectivity index (χ0v) is 17.6. The van der Waals surface area contributed by atoms with Crippen molar-refractivity contribution < 1.29 is 19.1 Å². The van der Waals surface area contributed by atoms with Crippen molar-refractivity contribution in [3.05, 3.63) is 38.7 Å². The number of hydrogen-bond donors (Lipinski definition) is 2. The van der Waals surface area contributed by atoms with E-state index in [1.807, 2.05) is 13.8 Å². The molecule has 1 aromatic carbocycles. The number of allylic oxidation sites excluding steroid dienone is 1. The Labute approximate surface area is 176 Å².